The number of fused-ring (bicyclic) bond motifs is 1. The van der Waals surface area contributed by atoms with Gasteiger partial charge in [-0.2, -0.15) is 0 Å². The molecule has 1 aromatic carbocycles. The molecule has 0 radical (unpaired) electrons. The van der Waals surface area contributed by atoms with Crippen molar-refractivity contribution >= 4 is 11.9 Å². The molecule has 1 aliphatic carbocycles. The average Bonchev–Trinajstić information content (AvgIpc) is 2.89. The molecule has 6 nitrogen and oxygen atoms in total. The number of carbonyl (C=O) groups is 2. The van der Waals surface area contributed by atoms with Gasteiger partial charge in [0.1, 0.15) is 5.75 Å². The number of ether oxygens (including phenoxy) is 1. The summed E-state index contributed by atoms with van der Waals surface area (Å²) in [5, 5.41) is 22.2. The van der Waals surface area contributed by atoms with Crippen molar-refractivity contribution in [1.82, 2.24) is 5.32 Å². The van der Waals surface area contributed by atoms with Gasteiger partial charge in [-0.05, 0) is 42.5 Å². The number of amides is 1. The van der Waals surface area contributed by atoms with Crippen molar-refractivity contribution in [2.45, 2.75) is 31.2 Å². The first-order valence-corrected chi connectivity index (χ1v) is 6.85. The Bertz CT molecular complexity index is 549. The predicted molar refractivity (Wildman–Crippen MR) is 72.7 cm³/mol. The normalized spacial score (nSPS) is 17.1. The fourth-order valence-corrected chi connectivity index (χ4v) is 2.63. The quantitative estimate of drug-likeness (QED) is 0.524. The first-order chi connectivity index (χ1) is 10.1. The number of aliphatic hydroxyl groups is 1. The van der Waals surface area contributed by atoms with Gasteiger partial charge in [-0.15, -0.1) is 0 Å². The molecule has 1 unspecified atom stereocenters. The van der Waals surface area contributed by atoms with E-state index in [4.69, 9.17) is 9.84 Å². The van der Waals surface area contributed by atoms with E-state index in [1.54, 1.807) is 7.11 Å². The van der Waals surface area contributed by atoms with Gasteiger partial charge in [-0.3, -0.25) is 4.79 Å². The van der Waals surface area contributed by atoms with Crippen molar-refractivity contribution in [3.63, 3.8) is 0 Å². The van der Waals surface area contributed by atoms with E-state index in [2.05, 4.69) is 5.32 Å². The van der Waals surface area contributed by atoms with Crippen LogP contribution in [0.25, 0.3) is 0 Å². The molecule has 114 valence electrons. The van der Waals surface area contributed by atoms with Crippen LogP contribution in [0, 0.1) is 0 Å². The van der Waals surface area contributed by atoms with E-state index in [0.717, 1.165) is 17.5 Å². The van der Waals surface area contributed by atoms with Crippen molar-refractivity contribution in [2.75, 3.05) is 13.7 Å². The van der Waals surface area contributed by atoms with Crippen molar-refractivity contribution in [3.05, 3.63) is 29.3 Å². The molecule has 2 atom stereocenters. The van der Waals surface area contributed by atoms with Gasteiger partial charge >= 0.3 is 51.4 Å². The van der Waals surface area contributed by atoms with Crippen molar-refractivity contribution in [3.8, 4) is 5.75 Å². The number of rotatable bonds is 6. The second-order valence-corrected chi connectivity index (χ2v) is 5.05. The molecular weight excluding hydrogens is 313 g/mol. The minimum atomic E-state index is -1.39. The number of aliphatic carboxylic acids is 1. The van der Waals surface area contributed by atoms with Gasteiger partial charge in [0.25, 0.3) is 0 Å². The molecule has 22 heavy (non-hydrogen) atoms. The first-order valence-electron chi connectivity index (χ1n) is 6.85. The number of aryl methyl sites for hydroxylation is 1. The van der Waals surface area contributed by atoms with Gasteiger partial charge in [0.15, 0.2) is 0 Å². The second-order valence-electron chi connectivity index (χ2n) is 5.05. The topological polar surface area (TPSA) is 98.7 Å². The maximum Gasteiger partial charge on any atom is 1.00 e. The Hall–Kier alpha value is -0.444. The van der Waals surface area contributed by atoms with Crippen LogP contribution in [0.5, 0.6) is 5.75 Å². The molecule has 0 fully saturated rings. The van der Waals surface area contributed by atoms with Gasteiger partial charge in [-0.1, -0.05) is 6.07 Å². The third-order valence-corrected chi connectivity index (χ3v) is 3.77. The molecule has 1 aromatic rings. The van der Waals surface area contributed by atoms with Crippen LogP contribution in [0.3, 0.4) is 0 Å². The Morgan fingerprint density at radius 2 is 2.23 bits per heavy atom. The van der Waals surface area contributed by atoms with Crippen LogP contribution in [0.4, 0.5) is 0 Å². The number of hydrogen-bond donors (Lipinski definition) is 2. The summed E-state index contributed by atoms with van der Waals surface area (Å²) in [6, 6.07) is 4.41. The zero-order valence-corrected chi connectivity index (χ0v) is 15.9. The average molecular weight is 331 g/mol. The van der Waals surface area contributed by atoms with Crippen LogP contribution in [0.1, 0.15) is 29.9 Å². The Morgan fingerprint density at radius 3 is 2.82 bits per heavy atom. The van der Waals surface area contributed by atoms with Crippen LogP contribution in [-0.2, 0) is 16.0 Å². The van der Waals surface area contributed by atoms with Crippen LogP contribution in [-0.4, -0.2) is 36.7 Å². The van der Waals surface area contributed by atoms with E-state index in [-0.39, 0.29) is 70.3 Å². The molecule has 7 heteroatoms. The van der Waals surface area contributed by atoms with E-state index in [1.165, 1.54) is 0 Å². The summed E-state index contributed by atoms with van der Waals surface area (Å²) >= 11 is 0. The van der Waals surface area contributed by atoms with Crippen molar-refractivity contribution in [2.24, 2.45) is 0 Å². The molecule has 0 saturated heterocycles. The maximum atomic E-state index is 12.3. The standard InChI is InChI=1S/C15H19NO5.K/c1-21-10-4-2-9-3-5-11(12(9)8-10)14(18)16-13(6-7-17)15(19)20;/h2,4,8,11,13,17H,3,5-7H2,1H3,(H,16,18)(H,19,20);/q;+1/p-1/t11?,13-;/m0./s1. The zero-order valence-electron chi connectivity index (χ0n) is 12.8. The second kappa shape index (κ2) is 9.00. The van der Waals surface area contributed by atoms with Gasteiger partial charge in [0.05, 0.1) is 25.0 Å². The number of hydrogen-bond acceptors (Lipinski definition) is 5. The minimum absolute atomic E-state index is 0. The van der Waals surface area contributed by atoms with Crippen LogP contribution in [0.15, 0.2) is 18.2 Å². The Labute approximate surface area is 171 Å². The minimum Gasteiger partial charge on any atom is -0.548 e. The third-order valence-electron chi connectivity index (χ3n) is 3.77. The number of carboxylic acids is 1. The number of carbonyl (C=O) groups excluding carboxylic acids is 2. The van der Waals surface area contributed by atoms with E-state index < -0.39 is 17.9 Å². The van der Waals surface area contributed by atoms with Crippen LogP contribution < -0.4 is 66.5 Å². The summed E-state index contributed by atoms with van der Waals surface area (Å²) in [5.74, 6) is -1.47. The van der Waals surface area contributed by atoms with Gasteiger partial charge < -0.3 is 25.1 Å². The molecule has 1 aliphatic rings. The molecule has 0 saturated carbocycles. The molecule has 1 amide bonds. The fraction of sp³-hybridized carbons (Fsp3) is 0.467. The Balaban J connectivity index is 0.00000242. The largest absolute Gasteiger partial charge is 1.00 e. The molecule has 0 aromatic heterocycles. The summed E-state index contributed by atoms with van der Waals surface area (Å²) in [5.41, 5.74) is 1.94. The summed E-state index contributed by atoms with van der Waals surface area (Å²) in [6.07, 6.45) is 1.34. The van der Waals surface area contributed by atoms with E-state index in [0.29, 0.717) is 12.2 Å². The first kappa shape index (κ1) is 19.6. The Morgan fingerprint density at radius 1 is 1.50 bits per heavy atom. The number of benzene rings is 1. The van der Waals surface area contributed by atoms with Crippen LogP contribution in [0.2, 0.25) is 0 Å². The smallest absolute Gasteiger partial charge is 0.548 e. The van der Waals surface area contributed by atoms with E-state index in [9.17, 15) is 14.7 Å². The monoisotopic (exact) mass is 331 g/mol. The van der Waals surface area contributed by atoms with Crippen LogP contribution >= 0.6 is 0 Å². The zero-order chi connectivity index (χ0) is 15.4. The Kier molecular flexibility index (Phi) is 8.02. The van der Waals surface area contributed by atoms with E-state index >= 15 is 0 Å². The number of aliphatic hydroxyl groups excluding tert-OH is 1. The molecule has 2 N–H and O–H groups in total. The van der Waals surface area contributed by atoms with Crippen molar-refractivity contribution in [1.29, 1.82) is 0 Å². The molecule has 0 spiro atoms. The molecule has 0 heterocycles. The molecule has 2 rings (SSSR count). The summed E-state index contributed by atoms with van der Waals surface area (Å²) in [7, 11) is 1.55. The summed E-state index contributed by atoms with van der Waals surface area (Å²) in [6.45, 7) is -0.325. The van der Waals surface area contributed by atoms with E-state index in [1.807, 2.05) is 18.2 Å². The molecule has 0 aliphatic heterocycles. The summed E-state index contributed by atoms with van der Waals surface area (Å²) < 4.78 is 5.16. The fourth-order valence-electron chi connectivity index (χ4n) is 2.63. The van der Waals surface area contributed by atoms with Gasteiger partial charge in [-0.25, -0.2) is 0 Å². The molecule has 0 bridgehead atoms. The summed E-state index contributed by atoms with van der Waals surface area (Å²) in [4.78, 5) is 23.2. The SMILES string of the molecule is COc1ccc2c(c1)C(C(=O)N[C@@H](CCO)C(=O)[O-])CC2.[K+]. The van der Waals surface area contributed by atoms with Gasteiger partial charge in [0, 0.05) is 6.61 Å². The van der Waals surface area contributed by atoms with Crippen molar-refractivity contribution < 1.29 is 75.9 Å². The maximum absolute atomic E-state index is 12.3. The predicted octanol–water partition coefficient (Wildman–Crippen LogP) is -3.65. The third kappa shape index (κ3) is 4.53. The van der Waals surface area contributed by atoms with Gasteiger partial charge in [0.2, 0.25) is 5.91 Å². The number of carboxylic acid groups (broad SMARTS) is 1. The molecular formula is C15H18KNO5. The number of methoxy groups -OCH3 is 1. The number of nitrogens with one attached hydrogen (secondary N) is 1.